The molecule has 0 saturated carbocycles. The smallest absolute Gasteiger partial charge is 0.310 e. The zero-order valence-electron chi connectivity index (χ0n) is 11.7. The normalized spacial score (nSPS) is 11.3. The van der Waals surface area contributed by atoms with Crippen LogP contribution in [0.3, 0.4) is 0 Å². The highest BCUT2D eigenvalue weighted by atomic mass is 16.6. The van der Waals surface area contributed by atoms with Gasteiger partial charge in [-0.3, -0.25) is 14.9 Å². The number of hydrogen-bond acceptors (Lipinski definition) is 5. The molecule has 0 atom stereocenters. The van der Waals surface area contributed by atoms with Crippen LogP contribution in [-0.2, 0) is 4.79 Å². The van der Waals surface area contributed by atoms with Gasteiger partial charge in [0.05, 0.1) is 15.9 Å². The molecule has 7 nitrogen and oxygen atoms in total. The fourth-order valence-electron chi connectivity index (χ4n) is 1.71. The molecule has 2 rings (SSSR count). The van der Waals surface area contributed by atoms with Gasteiger partial charge < -0.3 is 10.4 Å². The number of aliphatic carboxylic acids is 1. The predicted octanol–water partition coefficient (Wildman–Crippen LogP) is 2.67. The van der Waals surface area contributed by atoms with Crippen LogP contribution in [0, 0.1) is 15.5 Å². The maximum atomic E-state index is 11.0. The van der Waals surface area contributed by atoms with E-state index in [0.717, 1.165) is 0 Å². The van der Waals surface area contributed by atoms with Crippen molar-refractivity contribution in [3.05, 3.63) is 40.4 Å². The molecule has 110 valence electrons. The van der Waals surface area contributed by atoms with E-state index >= 15 is 0 Å². The Morgan fingerprint density at radius 2 is 2.10 bits per heavy atom. The summed E-state index contributed by atoms with van der Waals surface area (Å²) in [5, 5.41) is 23.4. The van der Waals surface area contributed by atoms with Gasteiger partial charge in [0.2, 0.25) is 0 Å². The summed E-state index contributed by atoms with van der Waals surface area (Å²) in [7, 11) is 0. The van der Waals surface area contributed by atoms with Crippen molar-refractivity contribution in [3.63, 3.8) is 0 Å². The lowest BCUT2D eigenvalue weighted by molar-refractivity contribution is -0.384. The van der Waals surface area contributed by atoms with Gasteiger partial charge in [-0.15, -0.1) is 0 Å². The van der Waals surface area contributed by atoms with Gasteiger partial charge in [0.1, 0.15) is 5.82 Å². The number of nitrogens with zero attached hydrogens (tertiary/aromatic N) is 2. The van der Waals surface area contributed by atoms with Gasteiger partial charge in [0.25, 0.3) is 5.69 Å². The highest BCUT2D eigenvalue weighted by molar-refractivity contribution is 5.82. The summed E-state index contributed by atoms with van der Waals surface area (Å²) in [6.07, 6.45) is 0. The van der Waals surface area contributed by atoms with Crippen molar-refractivity contribution in [2.75, 3.05) is 11.9 Å². The largest absolute Gasteiger partial charge is 0.481 e. The minimum absolute atomic E-state index is 0.0111. The molecular weight excluding hydrogens is 274 g/mol. The average Bonchev–Trinajstić information content (AvgIpc) is 2.44. The van der Waals surface area contributed by atoms with Gasteiger partial charge in [0.15, 0.2) is 0 Å². The van der Waals surface area contributed by atoms with Crippen molar-refractivity contribution in [2.45, 2.75) is 13.8 Å². The number of anilines is 1. The molecule has 0 bridgehead atoms. The maximum absolute atomic E-state index is 11.0. The number of fused-ring (bicyclic) bond motifs is 1. The van der Waals surface area contributed by atoms with Crippen LogP contribution in [0.15, 0.2) is 30.3 Å². The average molecular weight is 289 g/mol. The van der Waals surface area contributed by atoms with Gasteiger partial charge >= 0.3 is 5.97 Å². The van der Waals surface area contributed by atoms with Gasteiger partial charge in [-0.25, -0.2) is 4.98 Å². The van der Waals surface area contributed by atoms with Crippen molar-refractivity contribution in [3.8, 4) is 0 Å². The molecule has 0 saturated heterocycles. The van der Waals surface area contributed by atoms with E-state index in [1.165, 1.54) is 12.1 Å². The number of pyridine rings is 1. The van der Waals surface area contributed by atoms with Crippen molar-refractivity contribution in [1.82, 2.24) is 4.98 Å². The first-order valence-electron chi connectivity index (χ1n) is 6.32. The molecule has 1 aromatic heterocycles. The molecule has 0 spiro atoms. The number of carbonyl (C=O) groups is 1. The third-order valence-corrected chi connectivity index (χ3v) is 3.17. The fourth-order valence-corrected chi connectivity index (χ4v) is 1.71. The first kappa shape index (κ1) is 14.7. The van der Waals surface area contributed by atoms with E-state index in [1.54, 1.807) is 32.0 Å². The van der Waals surface area contributed by atoms with Crippen molar-refractivity contribution < 1.29 is 14.8 Å². The summed E-state index contributed by atoms with van der Waals surface area (Å²) in [5.41, 5.74) is -0.290. The molecule has 2 aromatic rings. The molecule has 2 N–H and O–H groups in total. The molecule has 0 aliphatic carbocycles. The minimum Gasteiger partial charge on any atom is -0.481 e. The van der Waals surface area contributed by atoms with E-state index < -0.39 is 16.3 Å². The molecule has 21 heavy (non-hydrogen) atoms. The second-order valence-corrected chi connectivity index (χ2v) is 5.37. The third-order valence-electron chi connectivity index (χ3n) is 3.17. The Labute approximate surface area is 120 Å². The zero-order valence-corrected chi connectivity index (χ0v) is 11.7. The summed E-state index contributed by atoms with van der Waals surface area (Å²) in [5.74, 6) is -0.364. The van der Waals surface area contributed by atoms with E-state index in [9.17, 15) is 14.9 Å². The first-order chi connectivity index (χ1) is 9.79. The van der Waals surface area contributed by atoms with Crippen LogP contribution in [0.2, 0.25) is 0 Å². The summed E-state index contributed by atoms with van der Waals surface area (Å²) in [4.78, 5) is 25.6. The molecule has 0 fully saturated rings. The Morgan fingerprint density at radius 1 is 1.38 bits per heavy atom. The maximum Gasteiger partial charge on any atom is 0.310 e. The van der Waals surface area contributed by atoms with Crippen LogP contribution in [0.1, 0.15) is 13.8 Å². The zero-order chi connectivity index (χ0) is 15.6. The van der Waals surface area contributed by atoms with E-state index in [-0.39, 0.29) is 12.2 Å². The van der Waals surface area contributed by atoms with Crippen molar-refractivity contribution in [2.24, 2.45) is 5.41 Å². The Morgan fingerprint density at radius 3 is 2.71 bits per heavy atom. The topological polar surface area (TPSA) is 105 Å². The molecular formula is C14H15N3O4. The number of aromatic nitrogens is 1. The number of rotatable bonds is 5. The van der Waals surface area contributed by atoms with Crippen LogP contribution >= 0.6 is 0 Å². The van der Waals surface area contributed by atoms with Crippen LogP contribution in [0.5, 0.6) is 0 Å². The molecule has 7 heteroatoms. The Balaban J connectivity index is 2.22. The molecule has 0 radical (unpaired) electrons. The van der Waals surface area contributed by atoms with Crippen LogP contribution in [-0.4, -0.2) is 27.5 Å². The van der Waals surface area contributed by atoms with E-state index in [2.05, 4.69) is 10.3 Å². The van der Waals surface area contributed by atoms with Crippen molar-refractivity contribution in [1.29, 1.82) is 0 Å². The number of hydrogen-bond donors (Lipinski definition) is 2. The predicted molar refractivity (Wildman–Crippen MR) is 78.3 cm³/mol. The monoisotopic (exact) mass is 289 g/mol. The Bertz CT molecular complexity index is 712. The quantitative estimate of drug-likeness (QED) is 0.647. The summed E-state index contributed by atoms with van der Waals surface area (Å²) in [6, 6.07) is 7.80. The van der Waals surface area contributed by atoms with E-state index in [0.29, 0.717) is 16.7 Å². The minimum atomic E-state index is -0.911. The summed E-state index contributed by atoms with van der Waals surface area (Å²) in [6.45, 7) is 3.47. The number of carboxylic acid groups (broad SMARTS) is 1. The van der Waals surface area contributed by atoms with E-state index in [1.807, 2.05) is 0 Å². The van der Waals surface area contributed by atoms with Crippen molar-refractivity contribution >= 4 is 28.4 Å². The third kappa shape index (κ3) is 3.25. The first-order valence-corrected chi connectivity index (χ1v) is 6.32. The highest BCUT2D eigenvalue weighted by Crippen LogP contribution is 2.22. The number of benzene rings is 1. The lowest BCUT2D eigenvalue weighted by Gasteiger charge is -2.19. The molecule has 0 aliphatic heterocycles. The van der Waals surface area contributed by atoms with Crippen LogP contribution in [0.4, 0.5) is 11.5 Å². The lowest BCUT2D eigenvalue weighted by Crippen LogP contribution is -2.31. The Hall–Kier alpha value is -2.70. The molecule has 1 aromatic carbocycles. The summed E-state index contributed by atoms with van der Waals surface area (Å²) < 4.78 is 0. The highest BCUT2D eigenvalue weighted by Gasteiger charge is 2.26. The van der Waals surface area contributed by atoms with Crippen LogP contribution in [0.25, 0.3) is 10.9 Å². The van der Waals surface area contributed by atoms with Gasteiger partial charge in [-0.05, 0) is 32.0 Å². The molecule has 1 heterocycles. The number of non-ortho nitro benzene ring substituents is 1. The SMILES string of the molecule is CC(C)(CNc1ccc2cc([N+](=O)[O-])ccc2n1)C(=O)O. The van der Waals surface area contributed by atoms with E-state index in [4.69, 9.17) is 5.11 Å². The number of nitro groups is 1. The summed E-state index contributed by atoms with van der Waals surface area (Å²) >= 11 is 0. The lowest BCUT2D eigenvalue weighted by atomic mass is 9.94. The van der Waals surface area contributed by atoms with Gasteiger partial charge in [0, 0.05) is 24.1 Å². The second kappa shape index (κ2) is 5.35. The van der Waals surface area contributed by atoms with Crippen LogP contribution < -0.4 is 5.32 Å². The Kier molecular flexibility index (Phi) is 3.75. The molecule has 0 aliphatic rings. The molecule has 0 amide bonds. The molecule has 0 unspecified atom stereocenters. The van der Waals surface area contributed by atoms with Gasteiger partial charge in [-0.1, -0.05) is 0 Å². The number of carboxylic acids is 1. The van der Waals surface area contributed by atoms with Gasteiger partial charge in [-0.2, -0.15) is 0 Å². The fraction of sp³-hybridized carbons (Fsp3) is 0.286. The second-order valence-electron chi connectivity index (χ2n) is 5.37. The number of nitrogens with one attached hydrogen (secondary N) is 1. The number of nitro benzene ring substituents is 1. The standard InChI is InChI=1S/C14H15N3O4/c1-14(2,13(18)19)8-15-12-6-3-9-7-10(17(20)21)4-5-11(9)16-12/h3-7H,8H2,1-2H3,(H,15,16)(H,18,19).